The zero-order valence-corrected chi connectivity index (χ0v) is 15.2. The van der Waals surface area contributed by atoms with Crippen molar-refractivity contribution in [3.05, 3.63) is 29.3 Å². The number of aliphatic carboxylic acids is 1. The number of hydrogen-bond acceptors (Lipinski definition) is 3. The fraction of sp³-hybridized carbons (Fsp3) is 0.600. The van der Waals surface area contributed by atoms with Gasteiger partial charge in [-0.3, -0.25) is 9.59 Å². The van der Waals surface area contributed by atoms with Crippen LogP contribution in [0.4, 0.5) is 0 Å². The number of carboxylic acids is 1. The number of carbonyl (C=O) groups excluding carboxylic acids is 1. The Balaban J connectivity index is 1.68. The highest BCUT2D eigenvalue weighted by atomic mass is 16.5. The van der Waals surface area contributed by atoms with Gasteiger partial charge in [-0.1, -0.05) is 31.0 Å². The number of nitrogens with one attached hydrogen (secondary N) is 1. The first-order chi connectivity index (χ1) is 12.0. The highest BCUT2D eigenvalue weighted by molar-refractivity contribution is 5.76. The fourth-order valence-electron chi connectivity index (χ4n) is 3.54. The summed E-state index contributed by atoms with van der Waals surface area (Å²) in [5.74, 6) is -0.127. The molecule has 1 aromatic carbocycles. The number of hydrogen-bond donors (Lipinski definition) is 2. The molecule has 0 aromatic heterocycles. The molecule has 0 saturated heterocycles. The molecule has 2 N–H and O–H groups in total. The first-order valence-electron chi connectivity index (χ1n) is 9.17. The molecule has 0 unspecified atom stereocenters. The molecule has 25 heavy (non-hydrogen) atoms. The van der Waals surface area contributed by atoms with Gasteiger partial charge in [0.15, 0.2) is 0 Å². The topological polar surface area (TPSA) is 75.6 Å². The number of para-hydroxylation sites is 1. The Morgan fingerprint density at radius 1 is 1.20 bits per heavy atom. The minimum absolute atomic E-state index is 0.0279. The average molecular weight is 347 g/mol. The van der Waals surface area contributed by atoms with E-state index < -0.39 is 5.97 Å². The number of amides is 1. The molecular formula is C20H29NO4. The number of ether oxygens (including phenoxy) is 1. The average Bonchev–Trinajstić information content (AvgIpc) is 2.59. The van der Waals surface area contributed by atoms with Crippen molar-refractivity contribution in [1.82, 2.24) is 5.32 Å². The van der Waals surface area contributed by atoms with Crippen molar-refractivity contribution in [2.75, 3.05) is 13.2 Å². The molecule has 1 amide bonds. The first-order valence-corrected chi connectivity index (χ1v) is 9.17. The number of carbonyl (C=O) groups is 2. The fourth-order valence-corrected chi connectivity index (χ4v) is 3.54. The second-order valence-corrected chi connectivity index (χ2v) is 6.97. The maximum Gasteiger partial charge on any atom is 0.306 e. The molecule has 1 fully saturated rings. The Labute approximate surface area is 149 Å². The van der Waals surface area contributed by atoms with E-state index in [0.717, 1.165) is 42.6 Å². The van der Waals surface area contributed by atoms with E-state index in [2.05, 4.69) is 5.32 Å². The van der Waals surface area contributed by atoms with E-state index >= 15 is 0 Å². The molecule has 5 nitrogen and oxygen atoms in total. The van der Waals surface area contributed by atoms with Gasteiger partial charge < -0.3 is 15.2 Å². The summed E-state index contributed by atoms with van der Waals surface area (Å²) >= 11 is 0. The first kappa shape index (κ1) is 19.3. The van der Waals surface area contributed by atoms with Gasteiger partial charge in [0.1, 0.15) is 5.75 Å². The highest BCUT2D eigenvalue weighted by Crippen LogP contribution is 2.29. The van der Waals surface area contributed by atoms with E-state index in [-0.39, 0.29) is 17.7 Å². The van der Waals surface area contributed by atoms with Gasteiger partial charge in [0.05, 0.1) is 12.5 Å². The van der Waals surface area contributed by atoms with E-state index in [1.807, 2.05) is 32.0 Å². The maximum absolute atomic E-state index is 12.0. The van der Waals surface area contributed by atoms with Crippen LogP contribution >= 0.6 is 0 Å². The van der Waals surface area contributed by atoms with Crippen LogP contribution in [0.5, 0.6) is 5.75 Å². The quantitative estimate of drug-likeness (QED) is 0.706. The second-order valence-electron chi connectivity index (χ2n) is 6.97. The van der Waals surface area contributed by atoms with E-state index in [4.69, 9.17) is 4.74 Å². The standard InChI is InChI=1S/C20H29NO4/c1-14-7-5-8-15(2)19(14)25-12-6-11-18(22)21-13-16-9-3-4-10-17(16)20(23)24/h5,7-8,16-17H,3-4,6,9-13H2,1-2H3,(H,21,22)(H,23,24)/t16-,17-/m0/s1. The summed E-state index contributed by atoms with van der Waals surface area (Å²) in [6.45, 7) is 4.99. The molecule has 0 spiro atoms. The SMILES string of the molecule is Cc1cccc(C)c1OCCCC(=O)NC[C@@H]1CCCC[C@@H]1C(=O)O. The lowest BCUT2D eigenvalue weighted by Gasteiger charge is -2.28. The molecule has 0 aliphatic heterocycles. The summed E-state index contributed by atoms with van der Waals surface area (Å²) in [5.41, 5.74) is 2.20. The van der Waals surface area contributed by atoms with E-state index in [1.165, 1.54) is 0 Å². The molecule has 0 radical (unpaired) electrons. The van der Waals surface area contributed by atoms with Gasteiger partial charge in [-0.05, 0) is 50.2 Å². The van der Waals surface area contributed by atoms with Crippen molar-refractivity contribution in [1.29, 1.82) is 0 Å². The van der Waals surface area contributed by atoms with Crippen LogP contribution in [0.25, 0.3) is 0 Å². The van der Waals surface area contributed by atoms with Crippen LogP contribution in [-0.2, 0) is 9.59 Å². The molecular weight excluding hydrogens is 318 g/mol. The summed E-state index contributed by atoms with van der Waals surface area (Å²) in [4.78, 5) is 23.3. The number of benzene rings is 1. The van der Waals surface area contributed by atoms with Crippen LogP contribution < -0.4 is 10.1 Å². The van der Waals surface area contributed by atoms with Gasteiger partial charge in [-0.2, -0.15) is 0 Å². The van der Waals surface area contributed by atoms with Crippen molar-refractivity contribution < 1.29 is 19.4 Å². The zero-order valence-electron chi connectivity index (χ0n) is 15.2. The third-order valence-electron chi connectivity index (χ3n) is 4.99. The Morgan fingerprint density at radius 2 is 1.88 bits per heavy atom. The minimum Gasteiger partial charge on any atom is -0.493 e. The van der Waals surface area contributed by atoms with Gasteiger partial charge in [0.2, 0.25) is 5.91 Å². The van der Waals surface area contributed by atoms with Crippen molar-refractivity contribution in [2.24, 2.45) is 11.8 Å². The number of aryl methyl sites for hydroxylation is 2. The lowest BCUT2D eigenvalue weighted by molar-refractivity contribution is -0.145. The Morgan fingerprint density at radius 3 is 2.56 bits per heavy atom. The second kappa shape index (κ2) is 9.44. The van der Waals surface area contributed by atoms with E-state index in [0.29, 0.717) is 26.0 Å². The van der Waals surface area contributed by atoms with Crippen LogP contribution in [-0.4, -0.2) is 30.1 Å². The third kappa shape index (κ3) is 5.76. The molecule has 138 valence electrons. The summed E-state index contributed by atoms with van der Waals surface area (Å²) in [6.07, 6.45) is 4.67. The molecule has 1 aromatic rings. The Kier molecular flexibility index (Phi) is 7.29. The largest absolute Gasteiger partial charge is 0.493 e. The lowest BCUT2D eigenvalue weighted by Crippen LogP contribution is -2.37. The predicted octanol–water partition coefficient (Wildman–Crippen LogP) is 3.47. The monoisotopic (exact) mass is 347 g/mol. The van der Waals surface area contributed by atoms with Crippen LogP contribution in [0.2, 0.25) is 0 Å². The van der Waals surface area contributed by atoms with Crippen LogP contribution in [0.3, 0.4) is 0 Å². The highest BCUT2D eigenvalue weighted by Gasteiger charge is 2.30. The molecule has 1 aliphatic carbocycles. The van der Waals surface area contributed by atoms with E-state index in [9.17, 15) is 14.7 Å². The van der Waals surface area contributed by atoms with Crippen molar-refractivity contribution in [3.8, 4) is 5.75 Å². The normalized spacial score (nSPS) is 20.1. The summed E-state index contributed by atoms with van der Waals surface area (Å²) in [6, 6.07) is 6.02. The Bertz CT molecular complexity index is 579. The molecule has 1 aliphatic rings. The molecule has 2 atom stereocenters. The van der Waals surface area contributed by atoms with Gasteiger partial charge >= 0.3 is 5.97 Å². The maximum atomic E-state index is 12.0. The third-order valence-corrected chi connectivity index (χ3v) is 4.99. The summed E-state index contributed by atoms with van der Waals surface area (Å²) in [7, 11) is 0. The van der Waals surface area contributed by atoms with Crippen molar-refractivity contribution in [2.45, 2.75) is 52.4 Å². The Hall–Kier alpha value is -2.04. The van der Waals surface area contributed by atoms with Crippen LogP contribution in [0, 0.1) is 25.7 Å². The molecule has 0 heterocycles. The summed E-state index contributed by atoms with van der Waals surface area (Å²) in [5, 5.41) is 12.2. The number of rotatable bonds is 8. The lowest BCUT2D eigenvalue weighted by atomic mass is 9.79. The summed E-state index contributed by atoms with van der Waals surface area (Å²) < 4.78 is 5.80. The molecule has 2 rings (SSSR count). The molecule has 5 heteroatoms. The van der Waals surface area contributed by atoms with Gasteiger partial charge in [-0.25, -0.2) is 0 Å². The molecule has 1 saturated carbocycles. The van der Waals surface area contributed by atoms with Crippen LogP contribution in [0.15, 0.2) is 18.2 Å². The van der Waals surface area contributed by atoms with Gasteiger partial charge in [0, 0.05) is 13.0 Å². The van der Waals surface area contributed by atoms with Crippen molar-refractivity contribution >= 4 is 11.9 Å². The van der Waals surface area contributed by atoms with Gasteiger partial charge in [0.25, 0.3) is 0 Å². The number of carboxylic acid groups (broad SMARTS) is 1. The molecule has 0 bridgehead atoms. The van der Waals surface area contributed by atoms with E-state index in [1.54, 1.807) is 0 Å². The predicted molar refractivity (Wildman–Crippen MR) is 96.7 cm³/mol. The van der Waals surface area contributed by atoms with Gasteiger partial charge in [-0.15, -0.1) is 0 Å². The zero-order chi connectivity index (χ0) is 18.2. The van der Waals surface area contributed by atoms with Crippen molar-refractivity contribution in [3.63, 3.8) is 0 Å². The smallest absolute Gasteiger partial charge is 0.306 e. The minimum atomic E-state index is -0.735. The van der Waals surface area contributed by atoms with Crippen LogP contribution in [0.1, 0.15) is 49.7 Å².